The summed E-state index contributed by atoms with van der Waals surface area (Å²) in [4.78, 5) is 12.9. The lowest BCUT2D eigenvalue weighted by molar-refractivity contribution is -0.320. The molecule has 44 heavy (non-hydrogen) atoms. The summed E-state index contributed by atoms with van der Waals surface area (Å²) >= 11 is 0. The van der Waals surface area contributed by atoms with Gasteiger partial charge >= 0.3 is 0 Å². The van der Waals surface area contributed by atoms with E-state index in [0.29, 0.717) is 19.5 Å². The summed E-state index contributed by atoms with van der Waals surface area (Å²) in [5.41, 5.74) is 29.2. The Hall–Kier alpha value is -1.01. The number of aliphatic hydroxyl groups is 7. The van der Waals surface area contributed by atoms with Crippen LogP contribution in [0.5, 0.6) is 0 Å². The molecule has 3 rings (SSSR count). The fourth-order valence-electron chi connectivity index (χ4n) is 5.96. The van der Waals surface area contributed by atoms with Gasteiger partial charge in [0.05, 0.1) is 43.1 Å². The highest BCUT2D eigenvalue weighted by Crippen LogP contribution is 2.36. The molecule has 0 spiro atoms. The van der Waals surface area contributed by atoms with Crippen LogP contribution in [0.25, 0.3) is 0 Å². The Morgan fingerprint density at radius 2 is 1.57 bits per heavy atom. The van der Waals surface area contributed by atoms with Crippen molar-refractivity contribution in [3.05, 3.63) is 0 Å². The molecule has 0 radical (unpaired) electrons. The predicted molar refractivity (Wildman–Crippen MR) is 152 cm³/mol. The molecule has 18 nitrogen and oxygen atoms in total. The molecule has 16 atom stereocenters. The Morgan fingerprint density at radius 1 is 0.909 bits per heavy atom. The van der Waals surface area contributed by atoms with Crippen molar-refractivity contribution >= 4 is 5.78 Å². The number of carbonyl (C=O) groups is 1. The maximum Gasteiger partial charge on any atom is 0.186 e. The van der Waals surface area contributed by atoms with Crippen molar-refractivity contribution in [2.45, 2.75) is 117 Å². The Bertz CT molecular complexity index is 881. The second-order valence-corrected chi connectivity index (χ2v) is 11.8. The van der Waals surface area contributed by atoms with Crippen LogP contribution >= 0.6 is 0 Å². The highest BCUT2D eigenvalue weighted by Gasteiger charge is 2.51. The van der Waals surface area contributed by atoms with Crippen LogP contribution in [0.3, 0.4) is 0 Å². The summed E-state index contributed by atoms with van der Waals surface area (Å²) in [6.45, 7) is -0.110. The van der Waals surface area contributed by atoms with Crippen molar-refractivity contribution in [2.75, 3.05) is 32.8 Å². The van der Waals surface area contributed by atoms with Crippen LogP contribution in [0, 0.1) is 5.92 Å². The molecule has 2 aliphatic heterocycles. The smallest absolute Gasteiger partial charge is 0.186 e. The molecule has 2 unspecified atom stereocenters. The van der Waals surface area contributed by atoms with E-state index < -0.39 is 116 Å². The topological polar surface area (TPSA) is 338 Å². The van der Waals surface area contributed by atoms with Crippen LogP contribution < -0.4 is 34.0 Å². The van der Waals surface area contributed by atoms with Crippen molar-refractivity contribution in [3.8, 4) is 0 Å². The third kappa shape index (κ3) is 8.87. The minimum Gasteiger partial charge on any atom is -0.394 e. The minimum atomic E-state index is -1.81. The molecule has 2 heterocycles. The van der Waals surface area contributed by atoms with Crippen molar-refractivity contribution < 1.29 is 59.5 Å². The molecule has 0 aromatic carbocycles. The second-order valence-electron chi connectivity index (χ2n) is 11.8. The normalized spacial score (nSPS) is 43.0. The fourth-order valence-corrected chi connectivity index (χ4v) is 5.96. The van der Waals surface area contributed by atoms with Gasteiger partial charge in [-0.15, -0.1) is 0 Å². The van der Waals surface area contributed by atoms with E-state index in [1.165, 1.54) is 0 Å². The number of rotatable bonds is 15. The van der Waals surface area contributed by atoms with Crippen molar-refractivity contribution in [1.82, 2.24) is 5.32 Å². The molecule has 0 aromatic heterocycles. The Balaban J connectivity index is 1.87. The molecule has 1 aliphatic carbocycles. The van der Waals surface area contributed by atoms with Gasteiger partial charge in [0.1, 0.15) is 36.6 Å². The molecule has 1 saturated carbocycles. The van der Waals surface area contributed by atoms with Crippen LogP contribution in [0.1, 0.15) is 25.7 Å². The summed E-state index contributed by atoms with van der Waals surface area (Å²) < 4.78 is 23.7. The molecule has 2 saturated heterocycles. The van der Waals surface area contributed by atoms with E-state index in [1.54, 1.807) is 0 Å². The molecule has 18 N–H and O–H groups in total. The zero-order valence-electron chi connectivity index (χ0n) is 24.7. The summed E-state index contributed by atoms with van der Waals surface area (Å²) in [5.74, 6) is -1.67. The van der Waals surface area contributed by atoms with E-state index in [9.17, 15) is 40.5 Å². The number of ether oxygens (including phenoxy) is 4. The minimum absolute atomic E-state index is 0.00222. The molecule has 3 aliphatic rings. The first-order valence-electron chi connectivity index (χ1n) is 15.1. The first-order valence-corrected chi connectivity index (χ1v) is 15.1. The highest BCUT2D eigenvalue weighted by molar-refractivity contribution is 5.83. The second kappa shape index (κ2) is 17.2. The van der Waals surface area contributed by atoms with Gasteiger partial charge in [-0.3, -0.25) is 4.79 Å². The van der Waals surface area contributed by atoms with E-state index in [-0.39, 0.29) is 25.9 Å². The SMILES string of the molecule is NCCCN[C@@H]1C[C@H](O)[C@@H](CN)O[C@@H]1O[C@H]1[C@H](O)[C@@H](O[C@H]2O[C@H](CO)[C@@H](O)[C@H](N)[C@H]2O)[C@H](CC(=O)C(O)C(O)CN)C[C@@H]1N. The number of aliphatic hydroxyl groups excluding tert-OH is 7. The number of ketones is 1. The van der Waals surface area contributed by atoms with Gasteiger partial charge < -0.3 is 88.7 Å². The molecule has 258 valence electrons. The number of Topliss-reactive ketones (excluding diaryl/α,β-unsaturated/α-hetero) is 1. The summed E-state index contributed by atoms with van der Waals surface area (Å²) in [6, 6.07) is -2.71. The number of hydrogen-bond acceptors (Lipinski definition) is 18. The lowest BCUT2D eigenvalue weighted by Crippen LogP contribution is -2.66. The monoisotopic (exact) mass is 640 g/mol. The highest BCUT2D eigenvalue weighted by atomic mass is 16.7. The predicted octanol–water partition coefficient (Wildman–Crippen LogP) is -7.39. The lowest BCUT2D eigenvalue weighted by Gasteiger charge is -2.49. The molecule has 3 fully saturated rings. The third-order valence-electron chi connectivity index (χ3n) is 8.64. The zero-order valence-corrected chi connectivity index (χ0v) is 24.7. The fraction of sp³-hybridized carbons (Fsp3) is 0.962. The van der Waals surface area contributed by atoms with E-state index in [0.717, 1.165) is 0 Å². The Morgan fingerprint density at radius 3 is 2.18 bits per heavy atom. The average molecular weight is 641 g/mol. The zero-order chi connectivity index (χ0) is 32.7. The van der Waals surface area contributed by atoms with Gasteiger partial charge in [0.2, 0.25) is 0 Å². The van der Waals surface area contributed by atoms with Gasteiger partial charge in [-0.1, -0.05) is 0 Å². The lowest BCUT2D eigenvalue weighted by atomic mass is 9.76. The van der Waals surface area contributed by atoms with E-state index >= 15 is 0 Å². The maximum absolute atomic E-state index is 12.9. The number of hydrogen-bond donors (Lipinski definition) is 13. The van der Waals surface area contributed by atoms with Gasteiger partial charge in [-0.2, -0.15) is 0 Å². The van der Waals surface area contributed by atoms with Gasteiger partial charge in [0, 0.05) is 25.6 Å². The van der Waals surface area contributed by atoms with Crippen molar-refractivity contribution in [2.24, 2.45) is 34.6 Å². The van der Waals surface area contributed by atoms with Crippen molar-refractivity contribution in [1.29, 1.82) is 0 Å². The third-order valence-corrected chi connectivity index (χ3v) is 8.64. The van der Waals surface area contributed by atoms with Gasteiger partial charge in [0.25, 0.3) is 0 Å². The molecule has 18 heteroatoms. The van der Waals surface area contributed by atoms with Gasteiger partial charge in [-0.25, -0.2) is 0 Å². The van der Waals surface area contributed by atoms with E-state index in [4.69, 9.17) is 47.6 Å². The van der Waals surface area contributed by atoms with Crippen LogP contribution in [-0.4, -0.2) is 166 Å². The molecule has 0 amide bonds. The van der Waals surface area contributed by atoms with Crippen LogP contribution in [0.15, 0.2) is 0 Å². The summed E-state index contributed by atoms with van der Waals surface area (Å²) in [6.07, 6.45) is -15.4. The largest absolute Gasteiger partial charge is 0.394 e. The van der Waals surface area contributed by atoms with E-state index in [1.807, 2.05) is 0 Å². The first-order chi connectivity index (χ1) is 20.9. The summed E-state index contributed by atoms with van der Waals surface area (Å²) in [5, 5.41) is 76.1. The number of carbonyl (C=O) groups excluding carboxylic acids is 1. The van der Waals surface area contributed by atoms with Gasteiger partial charge in [0.15, 0.2) is 18.4 Å². The maximum atomic E-state index is 12.9. The average Bonchev–Trinajstić information content (AvgIpc) is 3.00. The molecule has 0 aromatic rings. The standard InChI is InChI=1S/C26H52N6O12/c27-2-1-3-32-12-6-13(34)16(8-29)41-25(12)44-24-11(30)4-10(5-14(35)19(37)15(36)7-28)23(22(24)40)43-26-21(39)18(31)20(38)17(9-33)42-26/h10-13,15-26,32-34,36-40H,1-9,27-31H2/t10-,11-,12+,13-,15?,16+,17+,18-,19?,20+,21+,22+,23-,24+,25+,26+/m0/s1. The van der Waals surface area contributed by atoms with Crippen LogP contribution in [-0.2, 0) is 23.7 Å². The van der Waals surface area contributed by atoms with E-state index in [2.05, 4.69) is 5.32 Å². The molecule has 0 bridgehead atoms. The first kappa shape index (κ1) is 37.4. The number of nitrogens with one attached hydrogen (secondary N) is 1. The van der Waals surface area contributed by atoms with Crippen molar-refractivity contribution in [3.63, 3.8) is 0 Å². The molecular formula is C26H52N6O12. The Labute approximate surface area is 255 Å². The summed E-state index contributed by atoms with van der Waals surface area (Å²) in [7, 11) is 0. The number of nitrogens with two attached hydrogens (primary N) is 5. The quantitative estimate of drug-likeness (QED) is 0.0739. The van der Waals surface area contributed by atoms with Crippen LogP contribution in [0.4, 0.5) is 0 Å². The molecular weight excluding hydrogens is 588 g/mol. The van der Waals surface area contributed by atoms with Crippen LogP contribution in [0.2, 0.25) is 0 Å². The van der Waals surface area contributed by atoms with Gasteiger partial charge in [-0.05, 0) is 38.3 Å². The Kier molecular flexibility index (Phi) is 14.7.